The van der Waals surface area contributed by atoms with Crippen molar-refractivity contribution in [3.05, 3.63) is 101 Å². The molecule has 1 unspecified atom stereocenters. The summed E-state index contributed by atoms with van der Waals surface area (Å²) in [5.41, 5.74) is 2.89. The standard InChI is InChI=1S/C33H41FN4O4S/c1-25-14-16-27(17-15-25)23-37(32(39)24-38(43(41,42)36(2)3)30-20-18-28(34)19-21-30)31(22-26-10-6-4-7-11-26)33(40)35-29-12-8-5-9-13-29/h4,6-7,10-11,14-21,29,31H,5,8-9,12-13,22-24H2,1-3H3,(H,35,40). The third kappa shape index (κ3) is 8.64. The monoisotopic (exact) mass is 608 g/mol. The molecule has 1 N–H and O–H groups in total. The second-order valence-electron chi connectivity index (χ2n) is 11.3. The van der Waals surface area contributed by atoms with Gasteiger partial charge in [0.05, 0.1) is 5.69 Å². The minimum Gasteiger partial charge on any atom is -0.352 e. The number of nitrogens with one attached hydrogen (secondary N) is 1. The first-order valence-corrected chi connectivity index (χ1v) is 16.1. The molecule has 1 fully saturated rings. The SMILES string of the molecule is Cc1ccc(CN(C(=O)CN(c2ccc(F)cc2)S(=O)(=O)N(C)C)C(Cc2ccccc2)C(=O)NC2CCCCC2)cc1. The summed E-state index contributed by atoms with van der Waals surface area (Å²) in [6.07, 6.45) is 5.24. The highest BCUT2D eigenvalue weighted by Crippen LogP contribution is 2.23. The van der Waals surface area contributed by atoms with Crippen molar-refractivity contribution < 1.29 is 22.4 Å². The molecule has 230 valence electrons. The molecule has 0 radical (unpaired) electrons. The molecule has 3 aromatic rings. The first-order valence-electron chi connectivity index (χ1n) is 14.7. The van der Waals surface area contributed by atoms with Crippen LogP contribution in [0, 0.1) is 12.7 Å². The normalized spacial score (nSPS) is 14.7. The predicted octanol–water partition coefficient (Wildman–Crippen LogP) is 4.84. The van der Waals surface area contributed by atoms with Gasteiger partial charge in [-0.2, -0.15) is 12.7 Å². The highest BCUT2D eigenvalue weighted by molar-refractivity contribution is 7.90. The lowest BCUT2D eigenvalue weighted by Gasteiger charge is -2.35. The Hall–Kier alpha value is -3.76. The zero-order valence-electron chi connectivity index (χ0n) is 25.1. The number of carbonyl (C=O) groups is 2. The summed E-state index contributed by atoms with van der Waals surface area (Å²) in [7, 11) is -1.40. The molecular weight excluding hydrogens is 567 g/mol. The van der Waals surface area contributed by atoms with E-state index in [-0.39, 0.29) is 30.6 Å². The number of amides is 2. The van der Waals surface area contributed by atoms with Crippen molar-refractivity contribution >= 4 is 27.7 Å². The van der Waals surface area contributed by atoms with Crippen LogP contribution in [0.25, 0.3) is 0 Å². The summed E-state index contributed by atoms with van der Waals surface area (Å²) in [6, 6.07) is 21.3. The van der Waals surface area contributed by atoms with Gasteiger partial charge in [0.2, 0.25) is 11.8 Å². The summed E-state index contributed by atoms with van der Waals surface area (Å²) >= 11 is 0. The summed E-state index contributed by atoms with van der Waals surface area (Å²) < 4.78 is 42.6. The molecule has 0 saturated heterocycles. The lowest BCUT2D eigenvalue weighted by atomic mass is 9.94. The molecule has 1 atom stereocenters. The van der Waals surface area contributed by atoms with Crippen molar-refractivity contribution in [1.82, 2.24) is 14.5 Å². The fourth-order valence-electron chi connectivity index (χ4n) is 5.31. The molecule has 0 bridgehead atoms. The smallest absolute Gasteiger partial charge is 0.304 e. The van der Waals surface area contributed by atoms with Crippen LogP contribution in [-0.2, 0) is 32.8 Å². The van der Waals surface area contributed by atoms with Crippen molar-refractivity contribution in [2.24, 2.45) is 0 Å². The minimum absolute atomic E-state index is 0.0284. The van der Waals surface area contributed by atoms with Crippen molar-refractivity contribution in [2.45, 2.75) is 64.1 Å². The molecule has 1 aliphatic carbocycles. The van der Waals surface area contributed by atoms with Gasteiger partial charge >= 0.3 is 10.2 Å². The lowest BCUT2D eigenvalue weighted by molar-refractivity contribution is -0.140. The molecule has 0 spiro atoms. The molecule has 2 amide bonds. The topological polar surface area (TPSA) is 90.0 Å². The van der Waals surface area contributed by atoms with Gasteiger partial charge < -0.3 is 10.2 Å². The predicted molar refractivity (Wildman–Crippen MR) is 167 cm³/mol. The molecule has 3 aromatic carbocycles. The van der Waals surface area contributed by atoms with Crippen LogP contribution in [0.3, 0.4) is 0 Å². The number of halogens is 1. The average Bonchev–Trinajstić information content (AvgIpc) is 3.00. The van der Waals surface area contributed by atoms with Crippen molar-refractivity contribution in [1.29, 1.82) is 0 Å². The molecule has 1 aliphatic rings. The van der Waals surface area contributed by atoms with E-state index in [9.17, 15) is 22.4 Å². The van der Waals surface area contributed by atoms with Crippen LogP contribution < -0.4 is 9.62 Å². The van der Waals surface area contributed by atoms with E-state index in [1.54, 1.807) is 0 Å². The zero-order valence-corrected chi connectivity index (χ0v) is 25.9. The van der Waals surface area contributed by atoms with Crippen LogP contribution in [0.5, 0.6) is 0 Å². The van der Waals surface area contributed by atoms with E-state index in [1.165, 1.54) is 31.1 Å². The maximum atomic E-state index is 14.3. The van der Waals surface area contributed by atoms with Gasteiger partial charge in [-0.05, 0) is 55.2 Å². The third-order valence-electron chi connectivity index (χ3n) is 7.83. The maximum Gasteiger partial charge on any atom is 0.304 e. The fourth-order valence-corrected chi connectivity index (χ4v) is 6.37. The molecule has 10 heteroatoms. The average molecular weight is 609 g/mol. The van der Waals surface area contributed by atoms with Gasteiger partial charge in [0.1, 0.15) is 18.4 Å². The van der Waals surface area contributed by atoms with Gasteiger partial charge in [-0.25, -0.2) is 8.70 Å². The van der Waals surface area contributed by atoms with E-state index in [4.69, 9.17) is 0 Å². The molecule has 8 nitrogen and oxygen atoms in total. The highest BCUT2D eigenvalue weighted by atomic mass is 32.2. The zero-order chi connectivity index (χ0) is 31.0. The number of anilines is 1. The summed E-state index contributed by atoms with van der Waals surface area (Å²) in [6.45, 7) is 1.50. The first kappa shape index (κ1) is 32.2. The van der Waals surface area contributed by atoms with E-state index in [0.717, 1.165) is 69.5 Å². The largest absolute Gasteiger partial charge is 0.352 e. The lowest BCUT2D eigenvalue weighted by Crippen LogP contribution is -2.55. The number of hydrogen-bond donors (Lipinski definition) is 1. The second-order valence-corrected chi connectivity index (χ2v) is 13.4. The number of benzene rings is 3. The number of aryl methyl sites for hydroxylation is 1. The summed E-state index contributed by atoms with van der Waals surface area (Å²) in [5, 5.41) is 3.19. The Balaban J connectivity index is 1.74. The Bertz CT molecular complexity index is 1460. The molecule has 1 saturated carbocycles. The van der Waals surface area contributed by atoms with E-state index in [1.807, 2.05) is 61.5 Å². The van der Waals surface area contributed by atoms with Crippen molar-refractivity contribution in [3.8, 4) is 0 Å². The van der Waals surface area contributed by atoms with Gasteiger partial charge in [0.25, 0.3) is 0 Å². The molecular formula is C33H41FN4O4S. The molecule has 0 aliphatic heterocycles. The number of hydrogen-bond acceptors (Lipinski definition) is 4. The van der Waals surface area contributed by atoms with Gasteiger partial charge in [0.15, 0.2) is 0 Å². The maximum absolute atomic E-state index is 14.3. The fraction of sp³-hybridized carbons (Fsp3) is 0.394. The van der Waals surface area contributed by atoms with Crippen LogP contribution in [-0.4, -0.2) is 62.2 Å². The number of carbonyl (C=O) groups excluding carboxylic acids is 2. The van der Waals surface area contributed by atoms with Gasteiger partial charge in [-0.3, -0.25) is 9.59 Å². The second kappa shape index (κ2) is 14.6. The molecule has 43 heavy (non-hydrogen) atoms. The Kier molecular flexibility index (Phi) is 10.9. The van der Waals surface area contributed by atoms with Crippen molar-refractivity contribution in [2.75, 3.05) is 24.9 Å². The first-order chi connectivity index (χ1) is 20.5. The van der Waals surface area contributed by atoms with Crippen LogP contribution >= 0.6 is 0 Å². The van der Waals surface area contributed by atoms with Crippen molar-refractivity contribution in [3.63, 3.8) is 0 Å². The number of nitrogens with zero attached hydrogens (tertiary/aromatic N) is 3. The number of rotatable bonds is 12. The van der Waals surface area contributed by atoms with Crippen LogP contribution in [0.1, 0.15) is 48.8 Å². The quantitative estimate of drug-likeness (QED) is 0.319. The Morgan fingerprint density at radius 2 is 1.51 bits per heavy atom. The van der Waals surface area contributed by atoms with Crippen LogP contribution in [0.4, 0.5) is 10.1 Å². The van der Waals surface area contributed by atoms with E-state index in [2.05, 4.69) is 5.32 Å². The van der Waals surface area contributed by atoms with Crippen LogP contribution in [0.15, 0.2) is 78.9 Å². The van der Waals surface area contributed by atoms with Gasteiger partial charge in [-0.15, -0.1) is 0 Å². The molecule has 0 aromatic heterocycles. The summed E-state index contributed by atoms with van der Waals surface area (Å²) in [4.78, 5) is 29.8. The Labute approximate surface area is 254 Å². The van der Waals surface area contributed by atoms with Gasteiger partial charge in [0, 0.05) is 33.1 Å². The summed E-state index contributed by atoms with van der Waals surface area (Å²) in [5.74, 6) is -1.34. The Morgan fingerprint density at radius 3 is 2.12 bits per heavy atom. The van der Waals surface area contributed by atoms with E-state index in [0.29, 0.717) is 0 Å². The third-order valence-corrected chi connectivity index (χ3v) is 9.65. The molecule has 4 rings (SSSR count). The van der Waals surface area contributed by atoms with Gasteiger partial charge in [-0.1, -0.05) is 79.4 Å². The van der Waals surface area contributed by atoms with Crippen LogP contribution in [0.2, 0.25) is 0 Å². The highest BCUT2D eigenvalue weighted by Gasteiger charge is 2.35. The Morgan fingerprint density at radius 1 is 0.884 bits per heavy atom. The molecule has 0 heterocycles. The van der Waals surface area contributed by atoms with E-state index >= 15 is 0 Å². The van der Waals surface area contributed by atoms with E-state index < -0.39 is 34.5 Å². The minimum atomic E-state index is -4.14.